The van der Waals surface area contributed by atoms with E-state index in [1.807, 2.05) is 0 Å². The number of nitrogens with zero attached hydrogens (tertiary/aromatic N) is 4. The van der Waals surface area contributed by atoms with Crippen molar-refractivity contribution in [3.05, 3.63) is 33.7 Å². The highest BCUT2D eigenvalue weighted by Crippen LogP contribution is 2.37. The van der Waals surface area contributed by atoms with Crippen molar-refractivity contribution < 1.29 is 0 Å². The molecule has 0 aliphatic rings. The van der Waals surface area contributed by atoms with Gasteiger partial charge < -0.3 is 0 Å². The van der Waals surface area contributed by atoms with Gasteiger partial charge in [-0.05, 0) is 45.6 Å². The van der Waals surface area contributed by atoms with E-state index in [4.69, 9.17) is 15.1 Å². The maximum absolute atomic E-state index is 4.92. The van der Waals surface area contributed by atoms with Crippen LogP contribution in [-0.2, 0) is 0 Å². The third kappa shape index (κ3) is 3.10. The molecule has 0 saturated heterocycles. The maximum atomic E-state index is 4.92. The standard InChI is InChI=1S/C20H28N4S/c1-8-15(9-2)16-10-12(5)23-24-17(13(6)21-19(16)24)18-14(7)22-20(25-18)11(3)4/h10-11,15H,8-9H2,1-7H3. The molecule has 3 aromatic rings. The molecule has 3 rings (SSSR count). The average molecular weight is 357 g/mol. The summed E-state index contributed by atoms with van der Waals surface area (Å²) in [6, 6.07) is 2.21. The Morgan fingerprint density at radius 3 is 2.28 bits per heavy atom. The first-order valence-corrected chi connectivity index (χ1v) is 10.0. The molecule has 3 aromatic heterocycles. The Bertz CT molecular complexity index is 900. The lowest BCUT2D eigenvalue weighted by atomic mass is 9.95. The second-order valence-electron chi connectivity index (χ2n) is 7.16. The molecule has 0 aliphatic carbocycles. The Morgan fingerprint density at radius 1 is 1.04 bits per heavy atom. The van der Waals surface area contributed by atoms with Gasteiger partial charge in [-0.3, -0.25) is 0 Å². The molecule has 0 unspecified atom stereocenters. The lowest BCUT2D eigenvalue weighted by Gasteiger charge is -2.14. The summed E-state index contributed by atoms with van der Waals surface area (Å²) in [5, 5.41) is 5.99. The Kier molecular flexibility index (Phi) is 4.96. The number of rotatable bonds is 5. The van der Waals surface area contributed by atoms with Crippen molar-refractivity contribution in [3.63, 3.8) is 0 Å². The van der Waals surface area contributed by atoms with E-state index < -0.39 is 0 Å². The van der Waals surface area contributed by atoms with Crippen LogP contribution < -0.4 is 0 Å². The largest absolute Gasteiger partial charge is 0.246 e. The van der Waals surface area contributed by atoms with Crippen LogP contribution in [0.5, 0.6) is 0 Å². The van der Waals surface area contributed by atoms with Gasteiger partial charge in [-0.2, -0.15) is 5.10 Å². The molecule has 0 fully saturated rings. The number of imidazole rings is 1. The maximum Gasteiger partial charge on any atom is 0.158 e. The number of aromatic nitrogens is 4. The van der Waals surface area contributed by atoms with E-state index in [1.165, 1.54) is 15.4 Å². The third-order valence-corrected chi connectivity index (χ3v) is 6.32. The van der Waals surface area contributed by atoms with Crippen LogP contribution in [0.3, 0.4) is 0 Å². The molecule has 0 radical (unpaired) electrons. The van der Waals surface area contributed by atoms with E-state index in [0.29, 0.717) is 11.8 Å². The summed E-state index contributed by atoms with van der Waals surface area (Å²) in [6.45, 7) is 15.1. The van der Waals surface area contributed by atoms with Crippen molar-refractivity contribution in [1.29, 1.82) is 0 Å². The molecule has 0 saturated carbocycles. The Balaban J connectivity index is 2.29. The third-order valence-electron chi connectivity index (χ3n) is 4.86. The molecule has 3 heterocycles. The van der Waals surface area contributed by atoms with Gasteiger partial charge >= 0.3 is 0 Å². The van der Waals surface area contributed by atoms with E-state index in [0.717, 1.165) is 41.3 Å². The van der Waals surface area contributed by atoms with Crippen LogP contribution in [0.1, 0.15) is 80.0 Å². The molecular formula is C20H28N4S. The van der Waals surface area contributed by atoms with Gasteiger partial charge in [0.1, 0.15) is 5.69 Å². The Labute approximate surface area is 154 Å². The minimum absolute atomic E-state index is 0.437. The molecule has 134 valence electrons. The molecule has 0 aromatic carbocycles. The zero-order valence-electron chi connectivity index (χ0n) is 16.3. The van der Waals surface area contributed by atoms with Gasteiger partial charge in [-0.1, -0.05) is 27.7 Å². The SMILES string of the molecule is CCC(CC)c1cc(C)nn2c(-c3sc(C(C)C)nc3C)c(C)nc12. The van der Waals surface area contributed by atoms with Gasteiger partial charge in [0.15, 0.2) is 5.65 Å². The summed E-state index contributed by atoms with van der Waals surface area (Å²) in [5.41, 5.74) is 6.58. The predicted octanol–water partition coefficient (Wildman–Crippen LogP) is 5.81. The lowest BCUT2D eigenvalue weighted by Crippen LogP contribution is -2.05. The van der Waals surface area contributed by atoms with E-state index in [-0.39, 0.29) is 0 Å². The summed E-state index contributed by atoms with van der Waals surface area (Å²) >= 11 is 1.77. The zero-order valence-corrected chi connectivity index (χ0v) is 17.2. The minimum atomic E-state index is 0.437. The molecule has 0 amide bonds. The number of hydrogen-bond donors (Lipinski definition) is 0. The van der Waals surface area contributed by atoms with Gasteiger partial charge in [0.2, 0.25) is 0 Å². The molecule has 5 heteroatoms. The quantitative estimate of drug-likeness (QED) is 0.580. The van der Waals surface area contributed by atoms with Gasteiger partial charge in [-0.15, -0.1) is 11.3 Å². The van der Waals surface area contributed by atoms with E-state index in [1.54, 1.807) is 11.3 Å². The average Bonchev–Trinajstić information content (AvgIpc) is 3.08. The summed E-state index contributed by atoms with van der Waals surface area (Å²) in [4.78, 5) is 10.9. The van der Waals surface area contributed by atoms with Gasteiger partial charge in [-0.25, -0.2) is 14.5 Å². The number of aryl methyl sites for hydroxylation is 3. The molecule has 0 aliphatic heterocycles. The molecule has 0 N–H and O–H groups in total. The first-order valence-electron chi connectivity index (χ1n) is 9.21. The highest BCUT2D eigenvalue weighted by molar-refractivity contribution is 7.15. The topological polar surface area (TPSA) is 43.1 Å². The van der Waals surface area contributed by atoms with E-state index >= 15 is 0 Å². The van der Waals surface area contributed by atoms with Gasteiger partial charge in [0.25, 0.3) is 0 Å². The monoisotopic (exact) mass is 356 g/mol. The second kappa shape index (κ2) is 6.87. The fraction of sp³-hybridized carbons (Fsp3) is 0.550. The van der Waals surface area contributed by atoms with Crippen molar-refractivity contribution in [2.24, 2.45) is 0 Å². The van der Waals surface area contributed by atoms with E-state index in [9.17, 15) is 0 Å². The predicted molar refractivity (Wildman–Crippen MR) is 106 cm³/mol. The molecule has 0 spiro atoms. The second-order valence-corrected chi connectivity index (χ2v) is 8.19. The minimum Gasteiger partial charge on any atom is -0.246 e. The van der Waals surface area contributed by atoms with Crippen LogP contribution in [0.15, 0.2) is 6.07 Å². The zero-order chi connectivity index (χ0) is 18.3. The fourth-order valence-electron chi connectivity index (χ4n) is 3.45. The molecule has 0 bridgehead atoms. The summed E-state index contributed by atoms with van der Waals surface area (Å²) < 4.78 is 2.06. The van der Waals surface area contributed by atoms with Crippen LogP contribution >= 0.6 is 11.3 Å². The summed E-state index contributed by atoms with van der Waals surface area (Å²) in [5.74, 6) is 0.958. The van der Waals surface area contributed by atoms with Crippen LogP contribution in [0.2, 0.25) is 0 Å². The highest BCUT2D eigenvalue weighted by atomic mass is 32.1. The van der Waals surface area contributed by atoms with Crippen LogP contribution in [0.4, 0.5) is 0 Å². The van der Waals surface area contributed by atoms with Crippen LogP contribution in [0, 0.1) is 20.8 Å². The first-order chi connectivity index (χ1) is 11.9. The number of hydrogen-bond acceptors (Lipinski definition) is 4. The molecule has 4 nitrogen and oxygen atoms in total. The van der Waals surface area contributed by atoms with Crippen molar-refractivity contribution >= 4 is 17.0 Å². The first kappa shape index (κ1) is 18.1. The smallest absolute Gasteiger partial charge is 0.158 e. The summed E-state index contributed by atoms with van der Waals surface area (Å²) in [7, 11) is 0. The summed E-state index contributed by atoms with van der Waals surface area (Å²) in [6.07, 6.45) is 2.24. The highest BCUT2D eigenvalue weighted by Gasteiger charge is 2.22. The van der Waals surface area contributed by atoms with Crippen LogP contribution in [-0.4, -0.2) is 19.6 Å². The van der Waals surface area contributed by atoms with Crippen molar-refractivity contribution in [2.75, 3.05) is 0 Å². The number of fused-ring (bicyclic) bond motifs is 1. The van der Waals surface area contributed by atoms with Crippen molar-refractivity contribution in [1.82, 2.24) is 19.6 Å². The molecule has 25 heavy (non-hydrogen) atoms. The Hall–Kier alpha value is -1.75. The van der Waals surface area contributed by atoms with Gasteiger partial charge in [0, 0.05) is 11.5 Å². The lowest BCUT2D eigenvalue weighted by molar-refractivity contribution is 0.638. The molecule has 0 atom stereocenters. The fourth-order valence-corrected chi connectivity index (χ4v) is 4.60. The molecular weight excluding hydrogens is 328 g/mol. The van der Waals surface area contributed by atoms with Crippen molar-refractivity contribution in [3.8, 4) is 10.6 Å². The Morgan fingerprint density at radius 2 is 1.72 bits per heavy atom. The van der Waals surface area contributed by atoms with Crippen LogP contribution in [0.25, 0.3) is 16.2 Å². The normalized spacial score (nSPS) is 12.0. The number of thiazole rings is 1. The van der Waals surface area contributed by atoms with Crippen molar-refractivity contribution in [2.45, 2.75) is 73.1 Å². The van der Waals surface area contributed by atoms with Gasteiger partial charge in [0.05, 0.1) is 27.0 Å². The van der Waals surface area contributed by atoms with E-state index in [2.05, 4.69) is 59.0 Å².